The molecule has 0 aromatic heterocycles. The SMILES string of the molecule is CCCCN1Cc2ccc([N+](=O)[O-])cc2C1. The number of non-ortho nitro benzene ring substituents is 1. The van der Waals surface area contributed by atoms with E-state index in [0.29, 0.717) is 0 Å². The van der Waals surface area contributed by atoms with Gasteiger partial charge in [-0.05, 0) is 24.1 Å². The smallest absolute Gasteiger partial charge is 0.269 e. The van der Waals surface area contributed by atoms with Crippen molar-refractivity contribution in [1.82, 2.24) is 4.90 Å². The number of nitrogens with zero attached hydrogens (tertiary/aromatic N) is 2. The first-order valence-electron chi connectivity index (χ1n) is 5.69. The molecule has 1 aromatic carbocycles. The van der Waals surface area contributed by atoms with Crippen molar-refractivity contribution in [1.29, 1.82) is 0 Å². The molecule has 0 aliphatic carbocycles. The Morgan fingerprint density at radius 2 is 2.12 bits per heavy atom. The van der Waals surface area contributed by atoms with Crippen molar-refractivity contribution in [3.63, 3.8) is 0 Å². The Hall–Kier alpha value is -1.42. The molecule has 4 heteroatoms. The Balaban J connectivity index is 2.09. The van der Waals surface area contributed by atoms with E-state index in [-0.39, 0.29) is 10.6 Å². The molecule has 16 heavy (non-hydrogen) atoms. The topological polar surface area (TPSA) is 46.4 Å². The fraction of sp³-hybridized carbons (Fsp3) is 0.500. The highest BCUT2D eigenvalue weighted by atomic mass is 16.6. The van der Waals surface area contributed by atoms with Crippen LogP contribution in [0.25, 0.3) is 0 Å². The van der Waals surface area contributed by atoms with Crippen LogP contribution < -0.4 is 0 Å². The van der Waals surface area contributed by atoms with Crippen molar-refractivity contribution in [2.75, 3.05) is 6.54 Å². The number of nitro groups is 1. The highest BCUT2D eigenvalue weighted by Gasteiger charge is 2.20. The van der Waals surface area contributed by atoms with Crippen molar-refractivity contribution in [3.8, 4) is 0 Å². The molecule has 0 spiro atoms. The molecule has 86 valence electrons. The zero-order valence-electron chi connectivity index (χ0n) is 9.48. The summed E-state index contributed by atoms with van der Waals surface area (Å²) in [5, 5.41) is 10.6. The molecule has 0 bridgehead atoms. The molecule has 4 nitrogen and oxygen atoms in total. The van der Waals surface area contributed by atoms with Crippen molar-refractivity contribution >= 4 is 5.69 Å². The van der Waals surface area contributed by atoms with E-state index in [1.54, 1.807) is 12.1 Å². The summed E-state index contributed by atoms with van der Waals surface area (Å²) in [6, 6.07) is 5.20. The second-order valence-corrected chi connectivity index (χ2v) is 4.27. The van der Waals surface area contributed by atoms with Gasteiger partial charge in [-0.15, -0.1) is 0 Å². The van der Waals surface area contributed by atoms with Crippen molar-refractivity contribution in [3.05, 3.63) is 39.4 Å². The van der Waals surface area contributed by atoms with E-state index in [1.165, 1.54) is 18.4 Å². The van der Waals surface area contributed by atoms with Gasteiger partial charge in [-0.3, -0.25) is 15.0 Å². The Labute approximate surface area is 95.0 Å². The van der Waals surface area contributed by atoms with Crippen LogP contribution in [0.5, 0.6) is 0 Å². The average molecular weight is 220 g/mol. The Kier molecular flexibility index (Phi) is 3.19. The van der Waals surface area contributed by atoms with E-state index in [9.17, 15) is 10.1 Å². The summed E-state index contributed by atoms with van der Waals surface area (Å²) in [5.74, 6) is 0. The maximum absolute atomic E-state index is 10.6. The van der Waals surface area contributed by atoms with Gasteiger partial charge in [0.1, 0.15) is 0 Å². The normalized spacial score (nSPS) is 15.1. The molecular formula is C12H16N2O2. The molecule has 0 fully saturated rings. The van der Waals surface area contributed by atoms with Crippen LogP contribution in [0.2, 0.25) is 0 Å². The molecule has 0 radical (unpaired) electrons. The zero-order chi connectivity index (χ0) is 11.5. The van der Waals surface area contributed by atoms with Gasteiger partial charge in [-0.1, -0.05) is 19.4 Å². The maximum Gasteiger partial charge on any atom is 0.269 e. The molecule has 0 atom stereocenters. The van der Waals surface area contributed by atoms with Gasteiger partial charge in [-0.25, -0.2) is 0 Å². The van der Waals surface area contributed by atoms with E-state index in [2.05, 4.69) is 11.8 Å². The molecular weight excluding hydrogens is 204 g/mol. The van der Waals surface area contributed by atoms with Gasteiger partial charge in [-0.2, -0.15) is 0 Å². The second kappa shape index (κ2) is 4.61. The van der Waals surface area contributed by atoms with Crippen LogP contribution in [0.1, 0.15) is 30.9 Å². The summed E-state index contributed by atoms with van der Waals surface area (Å²) in [4.78, 5) is 12.7. The summed E-state index contributed by atoms with van der Waals surface area (Å²) in [5.41, 5.74) is 2.56. The zero-order valence-corrected chi connectivity index (χ0v) is 9.48. The third kappa shape index (κ3) is 2.22. The van der Waals surface area contributed by atoms with Crippen LogP contribution in [0.15, 0.2) is 18.2 Å². The first-order valence-corrected chi connectivity index (χ1v) is 5.69. The van der Waals surface area contributed by atoms with Gasteiger partial charge in [0.15, 0.2) is 0 Å². The van der Waals surface area contributed by atoms with Gasteiger partial charge in [0.25, 0.3) is 5.69 Å². The van der Waals surface area contributed by atoms with Crippen molar-refractivity contribution < 1.29 is 4.92 Å². The van der Waals surface area contributed by atoms with Crippen LogP contribution in [-0.4, -0.2) is 16.4 Å². The largest absolute Gasteiger partial charge is 0.295 e. The molecule has 0 N–H and O–H groups in total. The molecule has 1 aliphatic rings. The fourth-order valence-electron chi connectivity index (χ4n) is 2.10. The van der Waals surface area contributed by atoms with Crippen LogP contribution >= 0.6 is 0 Å². The lowest BCUT2D eigenvalue weighted by Crippen LogP contribution is -2.17. The Bertz CT molecular complexity index is 404. The number of unbranched alkanes of at least 4 members (excludes halogenated alkanes) is 1. The lowest BCUT2D eigenvalue weighted by atomic mass is 10.1. The standard InChI is InChI=1S/C12H16N2O2/c1-2-3-6-13-8-10-4-5-12(14(15)16)7-11(10)9-13/h4-5,7H,2-3,6,8-9H2,1H3. The van der Waals surface area contributed by atoms with Gasteiger partial charge >= 0.3 is 0 Å². The molecule has 2 rings (SSSR count). The average Bonchev–Trinajstić information content (AvgIpc) is 2.67. The Morgan fingerprint density at radius 3 is 2.81 bits per heavy atom. The summed E-state index contributed by atoms with van der Waals surface area (Å²) in [6.45, 7) is 5.05. The van der Waals surface area contributed by atoms with Gasteiger partial charge in [0, 0.05) is 25.2 Å². The number of nitro benzene ring substituents is 1. The number of fused-ring (bicyclic) bond motifs is 1. The Morgan fingerprint density at radius 1 is 1.38 bits per heavy atom. The maximum atomic E-state index is 10.6. The van der Waals surface area contributed by atoms with E-state index < -0.39 is 0 Å². The van der Waals surface area contributed by atoms with E-state index >= 15 is 0 Å². The van der Waals surface area contributed by atoms with Gasteiger partial charge in [0.2, 0.25) is 0 Å². The fourth-order valence-corrected chi connectivity index (χ4v) is 2.10. The lowest BCUT2D eigenvalue weighted by Gasteiger charge is -2.13. The molecule has 0 amide bonds. The molecule has 0 unspecified atom stereocenters. The molecule has 1 aliphatic heterocycles. The number of hydrogen-bond donors (Lipinski definition) is 0. The van der Waals surface area contributed by atoms with Crippen LogP contribution in [0.4, 0.5) is 5.69 Å². The summed E-state index contributed by atoms with van der Waals surface area (Å²) >= 11 is 0. The summed E-state index contributed by atoms with van der Waals surface area (Å²) in [7, 11) is 0. The predicted octanol–water partition coefficient (Wildman–Crippen LogP) is 2.71. The van der Waals surface area contributed by atoms with E-state index in [0.717, 1.165) is 25.2 Å². The third-order valence-electron chi connectivity index (χ3n) is 3.02. The highest BCUT2D eigenvalue weighted by molar-refractivity contribution is 5.41. The first-order chi connectivity index (χ1) is 7.70. The number of benzene rings is 1. The molecule has 1 heterocycles. The molecule has 0 saturated heterocycles. The van der Waals surface area contributed by atoms with E-state index in [1.807, 2.05) is 6.07 Å². The quantitative estimate of drug-likeness (QED) is 0.579. The number of rotatable bonds is 4. The molecule has 0 saturated carbocycles. The summed E-state index contributed by atoms with van der Waals surface area (Å²) < 4.78 is 0. The second-order valence-electron chi connectivity index (χ2n) is 4.27. The minimum atomic E-state index is -0.324. The van der Waals surface area contributed by atoms with Crippen LogP contribution in [0.3, 0.4) is 0 Å². The highest BCUT2D eigenvalue weighted by Crippen LogP contribution is 2.26. The van der Waals surface area contributed by atoms with E-state index in [4.69, 9.17) is 0 Å². The van der Waals surface area contributed by atoms with Gasteiger partial charge in [0.05, 0.1) is 4.92 Å². The van der Waals surface area contributed by atoms with Crippen LogP contribution in [-0.2, 0) is 13.1 Å². The summed E-state index contributed by atoms with van der Waals surface area (Å²) in [6.07, 6.45) is 2.38. The van der Waals surface area contributed by atoms with Crippen molar-refractivity contribution in [2.45, 2.75) is 32.9 Å². The minimum Gasteiger partial charge on any atom is -0.295 e. The van der Waals surface area contributed by atoms with Crippen LogP contribution in [0, 0.1) is 10.1 Å². The first kappa shape index (κ1) is 11.1. The van der Waals surface area contributed by atoms with Crippen molar-refractivity contribution in [2.24, 2.45) is 0 Å². The third-order valence-corrected chi connectivity index (χ3v) is 3.02. The predicted molar refractivity (Wildman–Crippen MR) is 62.1 cm³/mol. The molecule has 1 aromatic rings. The van der Waals surface area contributed by atoms with Gasteiger partial charge < -0.3 is 0 Å². The monoisotopic (exact) mass is 220 g/mol. The lowest BCUT2D eigenvalue weighted by molar-refractivity contribution is -0.384. The number of hydrogen-bond acceptors (Lipinski definition) is 3. The minimum absolute atomic E-state index is 0.205.